The highest BCUT2D eigenvalue weighted by Gasteiger charge is 2.25. The molecule has 0 bridgehead atoms. The Morgan fingerprint density at radius 1 is 1.08 bits per heavy atom. The molecule has 3 heterocycles. The molecule has 12 heteroatoms. The zero-order valence-corrected chi connectivity index (χ0v) is 20.7. The monoisotopic (exact) mass is 530 g/mol. The second-order valence-corrected chi connectivity index (χ2v) is 10.4. The lowest BCUT2D eigenvalue weighted by Gasteiger charge is -2.27. The first kappa shape index (κ1) is 25.1. The third-order valence-corrected chi connectivity index (χ3v) is 7.61. The standard InChI is InChI=1S/C25H24F2N4O5S/c1-16(18-5-2-4-17(12-18)15-30-8-10-35-11-9-30)31-20-13-19(26)22(14-21(20)36-25(31)32)37(33,34)29-24-7-3-6-23(27)28-24/h2-7,12-14,16H,8-11,15H2,1H3,(H,28,29). The Morgan fingerprint density at radius 3 is 2.59 bits per heavy atom. The Labute approximate surface area is 211 Å². The van der Waals surface area contributed by atoms with Crippen LogP contribution in [-0.4, -0.2) is 49.2 Å². The third-order valence-electron chi connectivity index (χ3n) is 6.24. The largest absolute Gasteiger partial charge is 0.420 e. The van der Waals surface area contributed by atoms with Crippen molar-refractivity contribution in [1.82, 2.24) is 14.5 Å². The SMILES string of the molecule is CC(c1cccc(CN2CCOCC2)c1)n1c(=O)oc2cc(S(=O)(=O)Nc3cccc(F)n3)c(F)cc21. The van der Waals surface area contributed by atoms with Gasteiger partial charge in [-0.1, -0.05) is 30.3 Å². The summed E-state index contributed by atoms with van der Waals surface area (Å²) in [7, 11) is -4.49. The molecule has 5 rings (SSSR count). The minimum absolute atomic E-state index is 0.102. The Morgan fingerprint density at radius 2 is 1.84 bits per heavy atom. The maximum absolute atomic E-state index is 15.1. The van der Waals surface area contributed by atoms with Gasteiger partial charge < -0.3 is 9.15 Å². The lowest BCUT2D eigenvalue weighted by atomic mass is 10.0. The number of sulfonamides is 1. The maximum atomic E-state index is 15.1. The molecule has 0 radical (unpaired) electrons. The summed E-state index contributed by atoms with van der Waals surface area (Å²) in [6.07, 6.45) is 0. The fourth-order valence-electron chi connectivity index (χ4n) is 4.38. The van der Waals surface area contributed by atoms with E-state index in [1.54, 1.807) is 6.92 Å². The second-order valence-electron chi connectivity index (χ2n) is 8.75. The van der Waals surface area contributed by atoms with Gasteiger partial charge in [0.15, 0.2) is 5.58 Å². The Bertz CT molecular complexity index is 1610. The molecule has 2 aromatic carbocycles. The molecule has 0 saturated carbocycles. The molecular formula is C25H24F2N4O5S. The van der Waals surface area contributed by atoms with Crippen LogP contribution in [0.1, 0.15) is 24.1 Å². The van der Waals surface area contributed by atoms with E-state index in [0.717, 1.165) is 49.0 Å². The first-order chi connectivity index (χ1) is 17.7. The number of fused-ring (bicyclic) bond motifs is 1. The number of nitrogens with one attached hydrogen (secondary N) is 1. The molecule has 1 aliphatic rings. The fraction of sp³-hybridized carbons (Fsp3) is 0.280. The zero-order chi connectivity index (χ0) is 26.2. The summed E-state index contributed by atoms with van der Waals surface area (Å²) in [5, 5.41) is 0. The molecule has 9 nitrogen and oxygen atoms in total. The molecule has 1 atom stereocenters. The first-order valence-corrected chi connectivity index (χ1v) is 13.1. The number of aromatic nitrogens is 2. The van der Waals surface area contributed by atoms with Crippen molar-refractivity contribution in [2.45, 2.75) is 24.4 Å². The van der Waals surface area contributed by atoms with Gasteiger partial charge in [0.2, 0.25) is 5.95 Å². The van der Waals surface area contributed by atoms with E-state index in [0.29, 0.717) is 13.2 Å². The number of oxazole rings is 1. The number of rotatable bonds is 7. The van der Waals surface area contributed by atoms with Crippen molar-refractivity contribution in [1.29, 1.82) is 0 Å². The van der Waals surface area contributed by atoms with Crippen LogP contribution in [0, 0.1) is 11.8 Å². The van der Waals surface area contributed by atoms with E-state index < -0.39 is 38.5 Å². The molecule has 1 aliphatic heterocycles. The molecule has 194 valence electrons. The lowest BCUT2D eigenvalue weighted by Crippen LogP contribution is -2.35. The van der Waals surface area contributed by atoms with Crippen molar-refractivity contribution < 1.29 is 26.4 Å². The van der Waals surface area contributed by atoms with Crippen LogP contribution in [-0.2, 0) is 21.3 Å². The van der Waals surface area contributed by atoms with Gasteiger partial charge in [-0.05, 0) is 30.2 Å². The van der Waals surface area contributed by atoms with E-state index in [4.69, 9.17) is 9.15 Å². The molecule has 0 spiro atoms. The van der Waals surface area contributed by atoms with Gasteiger partial charge in [0.05, 0.1) is 24.8 Å². The highest BCUT2D eigenvalue weighted by Crippen LogP contribution is 2.28. The van der Waals surface area contributed by atoms with Crippen LogP contribution >= 0.6 is 0 Å². The molecule has 0 amide bonds. The minimum Gasteiger partial charge on any atom is -0.408 e. The van der Waals surface area contributed by atoms with E-state index in [1.807, 2.05) is 29.0 Å². The first-order valence-electron chi connectivity index (χ1n) is 11.6. The number of hydrogen-bond donors (Lipinski definition) is 1. The Hall–Kier alpha value is -3.61. The highest BCUT2D eigenvalue weighted by atomic mass is 32.2. The van der Waals surface area contributed by atoms with Gasteiger partial charge in [0, 0.05) is 31.8 Å². The van der Waals surface area contributed by atoms with Crippen molar-refractivity contribution in [3.63, 3.8) is 0 Å². The quantitative estimate of drug-likeness (QED) is 0.365. The number of hydrogen-bond acceptors (Lipinski definition) is 7. The molecule has 1 unspecified atom stereocenters. The zero-order valence-electron chi connectivity index (χ0n) is 19.9. The van der Waals surface area contributed by atoms with Gasteiger partial charge in [0.1, 0.15) is 16.5 Å². The van der Waals surface area contributed by atoms with Crippen LogP contribution in [0.4, 0.5) is 14.6 Å². The average molecular weight is 531 g/mol. The fourth-order valence-corrected chi connectivity index (χ4v) is 5.46. The van der Waals surface area contributed by atoms with E-state index in [1.165, 1.54) is 16.7 Å². The molecule has 1 fully saturated rings. The molecular weight excluding hydrogens is 506 g/mol. The van der Waals surface area contributed by atoms with Crippen LogP contribution < -0.4 is 10.5 Å². The molecule has 1 N–H and O–H groups in total. The van der Waals surface area contributed by atoms with Gasteiger partial charge in [-0.2, -0.15) is 4.39 Å². The Kier molecular flexibility index (Phi) is 6.80. The summed E-state index contributed by atoms with van der Waals surface area (Å²) in [6.45, 7) is 5.55. The van der Waals surface area contributed by atoms with Gasteiger partial charge >= 0.3 is 5.76 Å². The van der Waals surface area contributed by atoms with E-state index in [2.05, 4.69) is 9.88 Å². The van der Waals surface area contributed by atoms with Crippen molar-refractivity contribution in [3.05, 3.63) is 88.0 Å². The van der Waals surface area contributed by atoms with Crippen LogP contribution in [0.25, 0.3) is 11.1 Å². The van der Waals surface area contributed by atoms with E-state index >= 15 is 4.39 Å². The number of anilines is 1. The summed E-state index contributed by atoms with van der Waals surface area (Å²) in [6, 6.07) is 12.6. The predicted octanol–water partition coefficient (Wildman–Crippen LogP) is 3.51. The predicted molar refractivity (Wildman–Crippen MR) is 132 cm³/mol. The Balaban J connectivity index is 1.46. The third kappa shape index (κ3) is 5.26. The number of benzene rings is 2. The molecule has 2 aromatic heterocycles. The minimum atomic E-state index is -4.49. The second kappa shape index (κ2) is 10.0. The molecule has 0 aliphatic carbocycles. The normalized spacial score (nSPS) is 15.6. The van der Waals surface area contributed by atoms with Crippen LogP contribution in [0.15, 0.2) is 68.7 Å². The lowest BCUT2D eigenvalue weighted by molar-refractivity contribution is 0.0342. The van der Waals surface area contributed by atoms with Crippen LogP contribution in [0.2, 0.25) is 0 Å². The maximum Gasteiger partial charge on any atom is 0.420 e. The number of pyridine rings is 1. The summed E-state index contributed by atoms with van der Waals surface area (Å²) >= 11 is 0. The number of halogens is 2. The molecule has 37 heavy (non-hydrogen) atoms. The van der Waals surface area contributed by atoms with Crippen LogP contribution in [0.5, 0.6) is 0 Å². The smallest absolute Gasteiger partial charge is 0.408 e. The van der Waals surface area contributed by atoms with Crippen LogP contribution in [0.3, 0.4) is 0 Å². The summed E-state index contributed by atoms with van der Waals surface area (Å²) < 4.78 is 68.0. The van der Waals surface area contributed by atoms with Gasteiger partial charge in [-0.25, -0.2) is 22.6 Å². The highest BCUT2D eigenvalue weighted by molar-refractivity contribution is 7.92. The molecule has 4 aromatic rings. The average Bonchev–Trinajstić information content (AvgIpc) is 3.18. The van der Waals surface area contributed by atoms with Gasteiger partial charge in [-0.15, -0.1) is 0 Å². The van der Waals surface area contributed by atoms with Gasteiger partial charge in [-0.3, -0.25) is 14.2 Å². The van der Waals surface area contributed by atoms with E-state index in [-0.39, 0.29) is 16.9 Å². The van der Waals surface area contributed by atoms with Crippen molar-refractivity contribution in [2.24, 2.45) is 0 Å². The topological polar surface area (TPSA) is 107 Å². The number of morpholine rings is 1. The summed E-state index contributed by atoms with van der Waals surface area (Å²) in [5.74, 6) is -3.07. The number of ether oxygens (including phenoxy) is 1. The number of nitrogens with zero attached hydrogens (tertiary/aromatic N) is 3. The van der Waals surface area contributed by atoms with Gasteiger partial charge in [0.25, 0.3) is 10.0 Å². The summed E-state index contributed by atoms with van der Waals surface area (Å²) in [4.78, 5) is 17.7. The van der Waals surface area contributed by atoms with Crippen molar-refractivity contribution in [2.75, 3.05) is 31.0 Å². The van der Waals surface area contributed by atoms with Crippen molar-refractivity contribution >= 4 is 26.9 Å². The molecule has 1 saturated heterocycles. The van der Waals surface area contributed by atoms with E-state index in [9.17, 15) is 17.6 Å². The van der Waals surface area contributed by atoms with Crippen molar-refractivity contribution in [3.8, 4) is 0 Å². The summed E-state index contributed by atoms with van der Waals surface area (Å²) in [5.41, 5.74) is 1.88.